The molecule has 0 heterocycles. The first-order chi connectivity index (χ1) is 9.63. The zero-order valence-electron chi connectivity index (χ0n) is 11.2. The molecule has 0 aliphatic rings. The van der Waals surface area contributed by atoms with E-state index in [0.29, 0.717) is 6.61 Å². The third kappa shape index (κ3) is 4.28. The van der Waals surface area contributed by atoms with Crippen molar-refractivity contribution in [1.82, 2.24) is 0 Å². The lowest BCUT2D eigenvalue weighted by atomic mass is 10.1. The van der Waals surface area contributed by atoms with Gasteiger partial charge in [0.15, 0.2) is 0 Å². The summed E-state index contributed by atoms with van der Waals surface area (Å²) < 4.78 is 5.71. The molecule has 0 spiro atoms. The molecule has 0 bridgehead atoms. The number of carbonyl (C=O) groups is 1. The lowest BCUT2D eigenvalue weighted by Gasteiger charge is -2.07. The number of carboxylic acid groups (broad SMARTS) is 1. The Balaban J connectivity index is 2.03. The van der Waals surface area contributed by atoms with Crippen LogP contribution in [0, 0.1) is 6.92 Å². The van der Waals surface area contributed by atoms with Gasteiger partial charge in [0.2, 0.25) is 0 Å². The van der Waals surface area contributed by atoms with E-state index < -0.39 is 5.97 Å². The summed E-state index contributed by atoms with van der Waals surface area (Å²) in [7, 11) is 0. The van der Waals surface area contributed by atoms with Gasteiger partial charge in [0.25, 0.3) is 0 Å². The summed E-state index contributed by atoms with van der Waals surface area (Å²) in [6, 6.07) is 15.5. The van der Waals surface area contributed by atoms with Gasteiger partial charge in [-0.2, -0.15) is 0 Å². The smallest absolute Gasteiger partial charge is 0.328 e. The van der Waals surface area contributed by atoms with Crippen LogP contribution in [-0.4, -0.2) is 11.1 Å². The van der Waals surface area contributed by atoms with Gasteiger partial charge in [-0.25, -0.2) is 4.79 Å². The minimum atomic E-state index is -0.952. The number of aryl methyl sites for hydroxylation is 1. The van der Waals surface area contributed by atoms with Crippen LogP contribution in [0.1, 0.15) is 16.7 Å². The molecule has 102 valence electrons. The Morgan fingerprint density at radius 1 is 1.20 bits per heavy atom. The van der Waals surface area contributed by atoms with Gasteiger partial charge in [-0.15, -0.1) is 0 Å². The second-order valence-corrected chi connectivity index (χ2v) is 4.52. The summed E-state index contributed by atoms with van der Waals surface area (Å²) in [5, 5.41) is 8.61. The topological polar surface area (TPSA) is 46.5 Å². The minimum absolute atomic E-state index is 0.457. The predicted octanol–water partition coefficient (Wildman–Crippen LogP) is 3.67. The zero-order valence-corrected chi connectivity index (χ0v) is 11.2. The van der Waals surface area contributed by atoms with Crippen molar-refractivity contribution in [2.45, 2.75) is 13.5 Å². The van der Waals surface area contributed by atoms with E-state index in [1.165, 1.54) is 0 Å². The van der Waals surface area contributed by atoms with Gasteiger partial charge < -0.3 is 9.84 Å². The third-order valence-electron chi connectivity index (χ3n) is 2.76. The number of hydrogen-bond donors (Lipinski definition) is 1. The Bertz CT molecular complexity index is 630. The molecule has 0 aromatic heterocycles. The Morgan fingerprint density at radius 3 is 2.75 bits per heavy atom. The standard InChI is InChI=1S/C17H16O3/c1-13-4-2-7-16(10-13)20-12-15-6-3-5-14(11-15)8-9-17(18)19/h2-11H,12H2,1H3,(H,18,19). The van der Waals surface area contributed by atoms with Gasteiger partial charge in [0, 0.05) is 6.08 Å². The van der Waals surface area contributed by atoms with Crippen LogP contribution in [0.15, 0.2) is 54.6 Å². The van der Waals surface area contributed by atoms with Crippen LogP contribution >= 0.6 is 0 Å². The summed E-state index contributed by atoms with van der Waals surface area (Å²) in [6.07, 6.45) is 2.69. The van der Waals surface area contributed by atoms with E-state index >= 15 is 0 Å². The third-order valence-corrected chi connectivity index (χ3v) is 2.76. The average Bonchev–Trinajstić information content (AvgIpc) is 2.43. The highest BCUT2D eigenvalue weighted by Crippen LogP contribution is 2.15. The first-order valence-corrected chi connectivity index (χ1v) is 6.33. The molecule has 0 radical (unpaired) electrons. The first kappa shape index (κ1) is 13.9. The Labute approximate surface area is 118 Å². The SMILES string of the molecule is Cc1cccc(OCc2cccc(C=CC(=O)O)c2)c1. The van der Waals surface area contributed by atoms with Crippen molar-refractivity contribution >= 4 is 12.0 Å². The van der Waals surface area contributed by atoms with Crippen LogP contribution in [0.5, 0.6) is 5.75 Å². The van der Waals surface area contributed by atoms with E-state index in [4.69, 9.17) is 9.84 Å². The van der Waals surface area contributed by atoms with Gasteiger partial charge in [0.05, 0.1) is 0 Å². The van der Waals surface area contributed by atoms with Crippen molar-refractivity contribution in [3.05, 3.63) is 71.3 Å². The number of carboxylic acids is 1. The molecule has 0 amide bonds. The maximum absolute atomic E-state index is 10.5. The predicted molar refractivity (Wildman–Crippen MR) is 78.6 cm³/mol. The van der Waals surface area contributed by atoms with Crippen molar-refractivity contribution < 1.29 is 14.6 Å². The van der Waals surface area contributed by atoms with Gasteiger partial charge in [-0.3, -0.25) is 0 Å². The maximum Gasteiger partial charge on any atom is 0.328 e. The molecule has 0 aliphatic heterocycles. The van der Waals surface area contributed by atoms with Crippen LogP contribution in [-0.2, 0) is 11.4 Å². The van der Waals surface area contributed by atoms with Crippen LogP contribution in [0.25, 0.3) is 6.08 Å². The highest BCUT2D eigenvalue weighted by atomic mass is 16.5. The van der Waals surface area contributed by atoms with E-state index in [0.717, 1.165) is 28.5 Å². The lowest BCUT2D eigenvalue weighted by molar-refractivity contribution is -0.131. The molecule has 2 aromatic rings. The molecule has 1 N–H and O–H groups in total. The highest BCUT2D eigenvalue weighted by molar-refractivity contribution is 5.85. The minimum Gasteiger partial charge on any atom is -0.489 e. The quantitative estimate of drug-likeness (QED) is 0.841. The maximum atomic E-state index is 10.5. The summed E-state index contributed by atoms with van der Waals surface area (Å²) >= 11 is 0. The van der Waals surface area contributed by atoms with Crippen molar-refractivity contribution in [3.63, 3.8) is 0 Å². The molecule has 2 aromatic carbocycles. The molecule has 0 aliphatic carbocycles. The van der Waals surface area contributed by atoms with Crippen molar-refractivity contribution in [1.29, 1.82) is 0 Å². The Morgan fingerprint density at radius 2 is 2.00 bits per heavy atom. The molecule has 0 atom stereocenters. The molecule has 0 unspecified atom stereocenters. The van der Waals surface area contributed by atoms with Crippen LogP contribution < -0.4 is 4.74 Å². The fourth-order valence-electron chi connectivity index (χ4n) is 1.83. The fourth-order valence-corrected chi connectivity index (χ4v) is 1.83. The molecular formula is C17H16O3. The van der Waals surface area contributed by atoms with E-state index in [1.807, 2.05) is 55.5 Å². The number of aliphatic carboxylic acids is 1. The molecule has 0 saturated heterocycles. The Hall–Kier alpha value is -2.55. The van der Waals surface area contributed by atoms with Gasteiger partial charge in [-0.1, -0.05) is 30.3 Å². The number of ether oxygens (including phenoxy) is 1. The van der Waals surface area contributed by atoms with Gasteiger partial charge >= 0.3 is 5.97 Å². The summed E-state index contributed by atoms with van der Waals surface area (Å²) in [5.74, 6) is -0.122. The second kappa shape index (κ2) is 6.57. The van der Waals surface area contributed by atoms with Crippen LogP contribution in [0.3, 0.4) is 0 Å². The van der Waals surface area contributed by atoms with Crippen molar-refractivity contribution in [2.75, 3.05) is 0 Å². The molecule has 0 saturated carbocycles. The monoisotopic (exact) mass is 268 g/mol. The average molecular weight is 268 g/mol. The van der Waals surface area contributed by atoms with E-state index in [2.05, 4.69) is 0 Å². The van der Waals surface area contributed by atoms with E-state index in [9.17, 15) is 4.79 Å². The zero-order chi connectivity index (χ0) is 14.4. The molecule has 20 heavy (non-hydrogen) atoms. The van der Waals surface area contributed by atoms with E-state index in [-0.39, 0.29) is 0 Å². The summed E-state index contributed by atoms with van der Waals surface area (Å²) in [4.78, 5) is 10.5. The van der Waals surface area contributed by atoms with Crippen LogP contribution in [0.2, 0.25) is 0 Å². The largest absolute Gasteiger partial charge is 0.489 e. The summed E-state index contributed by atoms with van der Waals surface area (Å²) in [6.45, 7) is 2.47. The Kier molecular flexibility index (Phi) is 4.56. The summed E-state index contributed by atoms with van der Waals surface area (Å²) in [5.41, 5.74) is 3.00. The highest BCUT2D eigenvalue weighted by Gasteiger charge is 1.98. The van der Waals surface area contributed by atoms with Crippen molar-refractivity contribution in [2.24, 2.45) is 0 Å². The lowest BCUT2D eigenvalue weighted by Crippen LogP contribution is -1.96. The van der Waals surface area contributed by atoms with E-state index in [1.54, 1.807) is 6.08 Å². The first-order valence-electron chi connectivity index (χ1n) is 6.33. The second-order valence-electron chi connectivity index (χ2n) is 4.52. The molecule has 3 heteroatoms. The number of benzene rings is 2. The molecule has 2 rings (SSSR count). The molecule has 3 nitrogen and oxygen atoms in total. The number of hydrogen-bond acceptors (Lipinski definition) is 2. The van der Waals surface area contributed by atoms with Gasteiger partial charge in [0.1, 0.15) is 12.4 Å². The normalized spacial score (nSPS) is 10.7. The molecular weight excluding hydrogens is 252 g/mol. The molecule has 0 fully saturated rings. The van der Waals surface area contributed by atoms with Crippen molar-refractivity contribution in [3.8, 4) is 5.75 Å². The fraction of sp³-hybridized carbons (Fsp3) is 0.118. The van der Waals surface area contributed by atoms with Crippen LogP contribution in [0.4, 0.5) is 0 Å². The number of rotatable bonds is 5. The van der Waals surface area contributed by atoms with Gasteiger partial charge in [-0.05, 0) is 47.9 Å².